The minimum absolute atomic E-state index is 0.490. The van der Waals surface area contributed by atoms with Gasteiger partial charge >= 0.3 is 0 Å². The number of ether oxygens (including phenoxy) is 1. The summed E-state index contributed by atoms with van der Waals surface area (Å²) >= 11 is 1.41. The molecule has 0 fully saturated rings. The van der Waals surface area contributed by atoms with Crippen molar-refractivity contribution in [2.24, 2.45) is 5.10 Å². The van der Waals surface area contributed by atoms with Gasteiger partial charge in [-0.05, 0) is 35.7 Å². The Bertz CT molecular complexity index is 844. The Morgan fingerprint density at radius 2 is 2.12 bits per heavy atom. The lowest BCUT2D eigenvalue weighted by molar-refractivity contribution is 0.305. The fourth-order valence-corrected chi connectivity index (χ4v) is 2.67. The molecule has 0 unspecified atom stereocenters. The first-order valence-electron chi connectivity index (χ1n) is 7.48. The second kappa shape index (κ2) is 7.61. The number of thiazole rings is 1. The van der Waals surface area contributed by atoms with Gasteiger partial charge in [-0.25, -0.2) is 4.98 Å². The van der Waals surface area contributed by atoms with Crippen LogP contribution in [-0.2, 0) is 6.61 Å². The van der Waals surface area contributed by atoms with Gasteiger partial charge < -0.3 is 10.5 Å². The summed E-state index contributed by atoms with van der Waals surface area (Å²) in [6.07, 6.45) is 1.72. The van der Waals surface area contributed by atoms with Crippen LogP contribution in [-0.4, -0.2) is 11.2 Å². The molecule has 0 radical (unpaired) electrons. The van der Waals surface area contributed by atoms with Crippen LogP contribution in [0.15, 0.2) is 59.0 Å². The Balaban J connectivity index is 1.60. The van der Waals surface area contributed by atoms with E-state index in [4.69, 9.17) is 10.5 Å². The molecule has 6 heteroatoms. The van der Waals surface area contributed by atoms with E-state index in [1.54, 1.807) is 11.6 Å². The maximum absolute atomic E-state index is 5.87. The molecule has 0 saturated heterocycles. The lowest BCUT2D eigenvalue weighted by atomic mass is 10.1. The summed E-state index contributed by atoms with van der Waals surface area (Å²) in [6, 6.07) is 16.0. The Morgan fingerprint density at radius 1 is 1.25 bits per heavy atom. The summed E-state index contributed by atoms with van der Waals surface area (Å²) in [5.41, 5.74) is 11.8. The fourth-order valence-electron chi connectivity index (χ4n) is 2.12. The first-order valence-corrected chi connectivity index (χ1v) is 8.36. The number of nitrogen functional groups attached to an aromatic ring is 1. The largest absolute Gasteiger partial charge is 0.489 e. The number of hydrazone groups is 1. The quantitative estimate of drug-likeness (QED) is 0.525. The minimum Gasteiger partial charge on any atom is -0.489 e. The van der Waals surface area contributed by atoms with Gasteiger partial charge in [0.1, 0.15) is 18.2 Å². The molecule has 0 bridgehead atoms. The van der Waals surface area contributed by atoms with E-state index in [2.05, 4.69) is 34.6 Å². The first kappa shape index (κ1) is 16.0. The molecule has 1 aromatic heterocycles. The second-order valence-corrected chi connectivity index (χ2v) is 6.09. The van der Waals surface area contributed by atoms with Crippen LogP contribution in [0, 0.1) is 6.92 Å². The van der Waals surface area contributed by atoms with E-state index in [1.807, 2.05) is 36.4 Å². The highest BCUT2D eigenvalue weighted by molar-refractivity contribution is 7.14. The Hall–Kier alpha value is -2.86. The number of nitrogens with two attached hydrogens (primary N) is 1. The molecule has 0 atom stereocenters. The SMILES string of the molecule is Cc1ccccc1COc1cccc(C=NNc2nc(N)cs2)c1. The molecule has 0 aliphatic carbocycles. The molecule has 0 spiro atoms. The van der Waals surface area contributed by atoms with Crippen molar-refractivity contribution in [3.05, 3.63) is 70.6 Å². The zero-order chi connectivity index (χ0) is 16.8. The van der Waals surface area contributed by atoms with Crippen molar-refractivity contribution in [1.29, 1.82) is 0 Å². The molecule has 0 amide bonds. The van der Waals surface area contributed by atoms with E-state index in [9.17, 15) is 0 Å². The van der Waals surface area contributed by atoms with Crippen molar-refractivity contribution in [3.63, 3.8) is 0 Å². The number of rotatable bonds is 6. The highest BCUT2D eigenvalue weighted by atomic mass is 32.1. The van der Waals surface area contributed by atoms with E-state index < -0.39 is 0 Å². The third-order valence-corrected chi connectivity index (χ3v) is 4.17. The van der Waals surface area contributed by atoms with Crippen molar-refractivity contribution >= 4 is 28.5 Å². The smallest absolute Gasteiger partial charge is 0.205 e. The van der Waals surface area contributed by atoms with Crippen LogP contribution in [0.25, 0.3) is 0 Å². The van der Waals surface area contributed by atoms with Crippen LogP contribution in [0.5, 0.6) is 5.75 Å². The standard InChI is InChI=1S/C18H18N4OS/c1-13-5-2-3-7-15(13)11-23-16-8-4-6-14(9-16)10-20-22-18-21-17(19)12-24-18/h2-10,12H,11,19H2,1H3,(H,21,22). The zero-order valence-corrected chi connectivity index (χ0v) is 14.1. The number of anilines is 2. The van der Waals surface area contributed by atoms with E-state index in [0.717, 1.165) is 11.3 Å². The predicted octanol–water partition coefficient (Wildman–Crippen LogP) is 4.06. The Labute approximate surface area is 144 Å². The molecule has 24 heavy (non-hydrogen) atoms. The molecule has 0 aliphatic rings. The highest BCUT2D eigenvalue weighted by Gasteiger charge is 2.00. The van der Waals surface area contributed by atoms with Gasteiger partial charge in [-0.3, -0.25) is 5.43 Å². The molecule has 3 aromatic rings. The van der Waals surface area contributed by atoms with Gasteiger partial charge in [0.15, 0.2) is 0 Å². The molecule has 2 aromatic carbocycles. The molecule has 3 rings (SSSR count). The number of nitrogens with one attached hydrogen (secondary N) is 1. The topological polar surface area (TPSA) is 72.5 Å². The summed E-state index contributed by atoms with van der Waals surface area (Å²) in [5.74, 6) is 1.30. The molecule has 5 nitrogen and oxygen atoms in total. The lowest BCUT2D eigenvalue weighted by Crippen LogP contribution is -1.98. The minimum atomic E-state index is 0.490. The third-order valence-electron chi connectivity index (χ3n) is 3.41. The maximum Gasteiger partial charge on any atom is 0.205 e. The molecule has 0 saturated carbocycles. The van der Waals surface area contributed by atoms with Crippen molar-refractivity contribution in [1.82, 2.24) is 4.98 Å². The molecule has 3 N–H and O–H groups in total. The van der Waals surface area contributed by atoms with Crippen LogP contribution in [0.4, 0.5) is 10.9 Å². The van der Waals surface area contributed by atoms with E-state index in [0.29, 0.717) is 17.6 Å². The Morgan fingerprint density at radius 3 is 2.92 bits per heavy atom. The van der Waals surface area contributed by atoms with Gasteiger partial charge in [-0.1, -0.05) is 36.4 Å². The second-order valence-electron chi connectivity index (χ2n) is 5.24. The normalized spacial score (nSPS) is 10.9. The lowest BCUT2D eigenvalue weighted by Gasteiger charge is -2.09. The molecule has 1 heterocycles. The van der Waals surface area contributed by atoms with Crippen LogP contribution in [0.2, 0.25) is 0 Å². The van der Waals surface area contributed by atoms with Crippen molar-refractivity contribution in [2.75, 3.05) is 11.2 Å². The first-order chi connectivity index (χ1) is 11.7. The summed E-state index contributed by atoms with van der Waals surface area (Å²) in [5, 5.41) is 6.58. The number of hydrogen-bond acceptors (Lipinski definition) is 6. The molecular formula is C18H18N4OS. The van der Waals surface area contributed by atoms with Gasteiger partial charge in [0.05, 0.1) is 6.21 Å². The van der Waals surface area contributed by atoms with Crippen LogP contribution in [0.3, 0.4) is 0 Å². The van der Waals surface area contributed by atoms with E-state index in [1.165, 1.54) is 22.5 Å². The summed E-state index contributed by atoms with van der Waals surface area (Å²) < 4.78 is 5.87. The van der Waals surface area contributed by atoms with Crippen molar-refractivity contribution in [2.45, 2.75) is 13.5 Å². The van der Waals surface area contributed by atoms with Gasteiger partial charge in [0.2, 0.25) is 5.13 Å². The predicted molar refractivity (Wildman–Crippen MR) is 99.7 cm³/mol. The van der Waals surface area contributed by atoms with Crippen LogP contribution >= 0.6 is 11.3 Å². The summed E-state index contributed by atoms with van der Waals surface area (Å²) in [6.45, 7) is 2.63. The summed E-state index contributed by atoms with van der Waals surface area (Å²) in [4.78, 5) is 4.08. The maximum atomic E-state index is 5.87. The molecular weight excluding hydrogens is 320 g/mol. The van der Waals surface area contributed by atoms with Crippen LogP contribution < -0.4 is 15.9 Å². The Kier molecular flexibility index (Phi) is 5.08. The van der Waals surface area contributed by atoms with Gasteiger partial charge in [-0.2, -0.15) is 5.10 Å². The number of aromatic nitrogens is 1. The van der Waals surface area contributed by atoms with Gasteiger partial charge in [-0.15, -0.1) is 11.3 Å². The number of benzene rings is 2. The zero-order valence-electron chi connectivity index (χ0n) is 13.3. The van der Waals surface area contributed by atoms with Gasteiger partial charge in [0.25, 0.3) is 0 Å². The van der Waals surface area contributed by atoms with Gasteiger partial charge in [0, 0.05) is 5.38 Å². The average Bonchev–Trinajstić information content (AvgIpc) is 3.00. The number of aryl methyl sites for hydroxylation is 1. The monoisotopic (exact) mass is 338 g/mol. The number of hydrogen-bond donors (Lipinski definition) is 2. The third kappa shape index (κ3) is 4.33. The summed E-state index contributed by atoms with van der Waals surface area (Å²) in [7, 11) is 0. The number of nitrogens with zero attached hydrogens (tertiary/aromatic N) is 2. The van der Waals surface area contributed by atoms with Crippen molar-refractivity contribution in [3.8, 4) is 5.75 Å². The highest BCUT2D eigenvalue weighted by Crippen LogP contribution is 2.17. The van der Waals surface area contributed by atoms with Crippen molar-refractivity contribution < 1.29 is 4.74 Å². The fraction of sp³-hybridized carbons (Fsp3) is 0.111. The molecule has 0 aliphatic heterocycles. The average molecular weight is 338 g/mol. The van der Waals surface area contributed by atoms with E-state index >= 15 is 0 Å². The van der Waals surface area contributed by atoms with E-state index in [-0.39, 0.29) is 0 Å². The van der Waals surface area contributed by atoms with Crippen LogP contribution in [0.1, 0.15) is 16.7 Å². The molecule has 122 valence electrons.